The smallest absolute Gasteiger partial charge is 0.248 e. The summed E-state index contributed by atoms with van der Waals surface area (Å²) in [6.45, 7) is 0.891. The first-order valence-corrected chi connectivity index (χ1v) is 10.9. The zero-order valence-corrected chi connectivity index (χ0v) is 19.1. The van der Waals surface area contributed by atoms with E-state index in [0.29, 0.717) is 6.54 Å². The second-order valence-electron chi connectivity index (χ2n) is 7.49. The number of hydrogen-bond acceptors (Lipinski definition) is 4. The molecule has 0 aliphatic heterocycles. The van der Waals surface area contributed by atoms with Gasteiger partial charge in [-0.2, -0.15) is 0 Å². The van der Waals surface area contributed by atoms with Crippen LogP contribution in [0.3, 0.4) is 0 Å². The number of aromatic hydroxyl groups is 1. The van der Waals surface area contributed by atoms with E-state index in [9.17, 15) is 9.59 Å². The van der Waals surface area contributed by atoms with Crippen LogP contribution in [0.25, 0.3) is 10.9 Å². The molecule has 0 spiro atoms. The Balaban J connectivity index is 0.000000248. The molecule has 0 saturated heterocycles. The van der Waals surface area contributed by atoms with Crippen LogP contribution in [0.2, 0.25) is 5.02 Å². The van der Waals surface area contributed by atoms with E-state index in [0.717, 1.165) is 22.9 Å². The fourth-order valence-corrected chi connectivity index (χ4v) is 3.56. The maximum absolute atomic E-state index is 12.2. The van der Waals surface area contributed by atoms with E-state index in [-0.39, 0.29) is 28.8 Å². The fraction of sp³-hybridized carbons (Fsp3) is 0.115. The van der Waals surface area contributed by atoms with E-state index < -0.39 is 5.91 Å². The molecule has 3 aromatic carbocycles. The van der Waals surface area contributed by atoms with Crippen molar-refractivity contribution in [1.82, 2.24) is 9.88 Å². The van der Waals surface area contributed by atoms with Crippen molar-refractivity contribution in [2.24, 2.45) is 5.73 Å². The van der Waals surface area contributed by atoms with E-state index >= 15 is 0 Å². The highest BCUT2D eigenvalue weighted by Crippen LogP contribution is 2.23. The predicted molar refractivity (Wildman–Crippen MR) is 135 cm³/mol. The normalized spacial score (nSPS) is 10.3. The molecule has 4 rings (SSSR count). The zero-order valence-electron chi connectivity index (χ0n) is 18.4. The molecule has 4 aromatic rings. The van der Waals surface area contributed by atoms with Gasteiger partial charge >= 0.3 is 0 Å². The molecular formula is C26H25ClN4O3. The van der Waals surface area contributed by atoms with Gasteiger partial charge in [0, 0.05) is 41.0 Å². The van der Waals surface area contributed by atoms with Crippen molar-refractivity contribution >= 4 is 40.5 Å². The lowest BCUT2D eigenvalue weighted by atomic mass is 10.1. The van der Waals surface area contributed by atoms with Crippen molar-refractivity contribution in [3.63, 3.8) is 0 Å². The molecule has 0 unspecified atom stereocenters. The highest BCUT2D eigenvalue weighted by molar-refractivity contribution is 6.32. The number of para-hydroxylation sites is 1. The third kappa shape index (κ3) is 6.46. The average molecular weight is 477 g/mol. The molecule has 0 radical (unpaired) electrons. The molecule has 0 saturated carbocycles. The minimum absolute atomic E-state index is 0.0155. The summed E-state index contributed by atoms with van der Waals surface area (Å²) in [4.78, 5) is 22.7. The number of nitrogens with one attached hydrogen (secondary N) is 2. The van der Waals surface area contributed by atoms with E-state index in [1.54, 1.807) is 0 Å². The first-order valence-electron chi connectivity index (χ1n) is 10.6. The Morgan fingerprint density at radius 1 is 1.06 bits per heavy atom. The van der Waals surface area contributed by atoms with Gasteiger partial charge in [0.15, 0.2) is 0 Å². The Hall–Kier alpha value is -4.10. The number of amides is 2. The number of hydrogen-bond donors (Lipinski definition) is 4. The number of halogens is 1. The van der Waals surface area contributed by atoms with Crippen LogP contribution in [0.5, 0.6) is 5.75 Å². The molecule has 1 heterocycles. The largest absolute Gasteiger partial charge is 0.506 e. The van der Waals surface area contributed by atoms with Gasteiger partial charge in [-0.05, 0) is 36.2 Å². The molecule has 0 aliphatic rings. The maximum atomic E-state index is 12.2. The van der Waals surface area contributed by atoms with Crippen molar-refractivity contribution in [3.8, 4) is 5.75 Å². The number of carbonyl (C=O) groups is 2. The molecular weight excluding hydrogens is 452 g/mol. The Kier molecular flexibility index (Phi) is 8.43. The Bertz CT molecular complexity index is 1300. The number of benzene rings is 3. The van der Waals surface area contributed by atoms with Gasteiger partial charge in [0.2, 0.25) is 11.8 Å². The van der Waals surface area contributed by atoms with Gasteiger partial charge in [-0.1, -0.05) is 60.1 Å². The molecule has 0 aliphatic carbocycles. The van der Waals surface area contributed by atoms with Crippen LogP contribution >= 0.6 is 11.6 Å². The van der Waals surface area contributed by atoms with Gasteiger partial charge in [0.05, 0.1) is 5.02 Å². The Morgan fingerprint density at radius 2 is 1.76 bits per heavy atom. The summed E-state index contributed by atoms with van der Waals surface area (Å²) in [5.41, 5.74) is 8.26. The van der Waals surface area contributed by atoms with Crippen LogP contribution in [0, 0.1) is 5.41 Å². The SMILES string of the molecule is N=Cc1cn(CC(=O)NCCc2ccccc2)c2ccccc12.NC(=O)c1ccc(O)c(Cl)c1. The average Bonchev–Trinajstić information content (AvgIpc) is 3.19. The van der Waals surface area contributed by atoms with E-state index in [4.69, 9.17) is 27.9 Å². The van der Waals surface area contributed by atoms with Crippen LogP contribution in [0.15, 0.2) is 79.0 Å². The van der Waals surface area contributed by atoms with E-state index in [2.05, 4.69) is 17.4 Å². The highest BCUT2D eigenvalue weighted by atomic mass is 35.5. The quantitative estimate of drug-likeness (QED) is 0.300. The second kappa shape index (κ2) is 11.7. The standard InChI is InChI=1S/C19H19N3O.C7H6ClNO2/c20-12-16-13-22(18-9-5-4-8-17(16)18)14-19(23)21-11-10-15-6-2-1-3-7-15;8-5-3-4(7(9)11)1-2-6(5)10/h1-9,12-13,20H,10-11,14H2,(H,21,23);1-3,10H,(H2,9,11). The number of phenols is 1. The second-order valence-corrected chi connectivity index (χ2v) is 7.90. The third-order valence-corrected chi connectivity index (χ3v) is 5.40. The summed E-state index contributed by atoms with van der Waals surface area (Å²) in [5.74, 6) is -0.637. The number of rotatable bonds is 7. The van der Waals surface area contributed by atoms with Crippen molar-refractivity contribution in [1.29, 1.82) is 5.41 Å². The minimum Gasteiger partial charge on any atom is -0.506 e. The van der Waals surface area contributed by atoms with Gasteiger partial charge in [-0.15, -0.1) is 0 Å². The molecule has 2 amide bonds. The van der Waals surface area contributed by atoms with Crippen LogP contribution < -0.4 is 11.1 Å². The van der Waals surface area contributed by atoms with Gasteiger partial charge in [0.1, 0.15) is 12.3 Å². The zero-order chi connectivity index (χ0) is 24.5. The molecule has 0 bridgehead atoms. The van der Waals surface area contributed by atoms with Crippen LogP contribution in [-0.4, -0.2) is 34.2 Å². The van der Waals surface area contributed by atoms with Gasteiger partial charge in [-0.25, -0.2) is 0 Å². The molecule has 1 aromatic heterocycles. The van der Waals surface area contributed by atoms with Crippen molar-refractivity contribution < 1.29 is 14.7 Å². The third-order valence-electron chi connectivity index (χ3n) is 5.10. The number of primary amides is 1. The first-order chi connectivity index (χ1) is 16.4. The summed E-state index contributed by atoms with van der Waals surface area (Å²) < 4.78 is 1.90. The van der Waals surface area contributed by atoms with Crippen molar-refractivity contribution in [2.45, 2.75) is 13.0 Å². The molecule has 7 nitrogen and oxygen atoms in total. The number of nitrogens with two attached hydrogens (primary N) is 1. The summed E-state index contributed by atoms with van der Waals surface area (Å²) in [6.07, 6.45) is 4.01. The fourth-order valence-electron chi connectivity index (χ4n) is 3.38. The monoisotopic (exact) mass is 476 g/mol. The van der Waals surface area contributed by atoms with E-state index in [1.807, 2.05) is 53.2 Å². The number of nitrogens with zero attached hydrogens (tertiary/aromatic N) is 1. The van der Waals surface area contributed by atoms with Crippen LogP contribution in [0.4, 0.5) is 0 Å². The lowest BCUT2D eigenvalue weighted by Gasteiger charge is -2.07. The van der Waals surface area contributed by atoms with E-state index in [1.165, 1.54) is 30.0 Å². The molecule has 174 valence electrons. The van der Waals surface area contributed by atoms with Gasteiger partial charge < -0.3 is 26.1 Å². The van der Waals surface area contributed by atoms with Crippen LogP contribution in [-0.2, 0) is 17.8 Å². The van der Waals surface area contributed by atoms with Gasteiger partial charge in [-0.3, -0.25) is 9.59 Å². The van der Waals surface area contributed by atoms with Crippen molar-refractivity contribution in [3.05, 3.63) is 101 Å². The number of phenolic OH excluding ortho intramolecular Hbond substituents is 1. The molecule has 0 fully saturated rings. The Morgan fingerprint density at radius 3 is 2.44 bits per heavy atom. The summed E-state index contributed by atoms with van der Waals surface area (Å²) >= 11 is 5.50. The highest BCUT2D eigenvalue weighted by Gasteiger charge is 2.09. The van der Waals surface area contributed by atoms with Gasteiger partial charge in [0.25, 0.3) is 0 Å². The number of carbonyl (C=O) groups excluding carboxylic acids is 2. The Labute approximate surface area is 202 Å². The maximum Gasteiger partial charge on any atom is 0.248 e. The van der Waals surface area contributed by atoms with Crippen molar-refractivity contribution in [2.75, 3.05) is 6.54 Å². The molecule has 8 heteroatoms. The molecule has 0 atom stereocenters. The van der Waals surface area contributed by atoms with Crippen LogP contribution in [0.1, 0.15) is 21.5 Å². The molecule has 34 heavy (non-hydrogen) atoms. The summed E-state index contributed by atoms with van der Waals surface area (Å²) in [7, 11) is 0. The first kappa shape index (κ1) is 24.5. The lowest BCUT2D eigenvalue weighted by molar-refractivity contribution is -0.121. The summed E-state index contributed by atoms with van der Waals surface area (Å²) in [5, 5.41) is 20.5. The molecule has 5 N–H and O–H groups in total. The number of aromatic nitrogens is 1. The summed E-state index contributed by atoms with van der Waals surface area (Å²) in [6, 6.07) is 22.0. The minimum atomic E-state index is -0.563. The predicted octanol–water partition coefficient (Wildman–Crippen LogP) is 4.14. The number of fused-ring (bicyclic) bond motifs is 1. The topological polar surface area (TPSA) is 121 Å². The lowest BCUT2D eigenvalue weighted by Crippen LogP contribution is -2.29.